The van der Waals surface area contributed by atoms with Gasteiger partial charge in [0.1, 0.15) is 11.3 Å². The molecule has 0 radical (unpaired) electrons. The first kappa shape index (κ1) is 15.3. The van der Waals surface area contributed by atoms with E-state index in [2.05, 4.69) is 5.32 Å². The first-order valence-electron chi connectivity index (χ1n) is 7.26. The predicted molar refractivity (Wildman–Crippen MR) is 83.9 cm³/mol. The molecular weight excluding hydrogens is 266 g/mol. The van der Waals surface area contributed by atoms with Gasteiger partial charge in [0.05, 0.1) is 6.10 Å². The maximum Gasteiger partial charge on any atom is 0.244 e. The number of fused-ring (bicyclic) bond motifs is 1. The molecule has 2 N–H and O–H groups in total. The number of carbonyl (C=O) groups excluding carboxylic acids is 1. The number of nitrogens with one attached hydrogen (secondary N) is 1. The number of aliphatic hydroxyl groups excluding tert-OH is 1. The number of hydrogen-bond acceptors (Lipinski definition) is 3. The third-order valence-electron chi connectivity index (χ3n) is 3.29. The highest BCUT2D eigenvalue weighted by molar-refractivity contribution is 5.96. The lowest BCUT2D eigenvalue weighted by Crippen LogP contribution is -2.24. The molecule has 1 aromatic carbocycles. The summed E-state index contributed by atoms with van der Waals surface area (Å²) in [5, 5.41) is 12.9. The lowest BCUT2D eigenvalue weighted by molar-refractivity contribution is -0.116. The molecule has 2 rings (SSSR count). The van der Waals surface area contributed by atoms with Crippen LogP contribution >= 0.6 is 0 Å². The van der Waals surface area contributed by atoms with Gasteiger partial charge in [-0.05, 0) is 25.5 Å². The molecule has 0 saturated carbocycles. The van der Waals surface area contributed by atoms with E-state index in [1.807, 2.05) is 31.2 Å². The van der Waals surface area contributed by atoms with E-state index in [-0.39, 0.29) is 5.91 Å². The highest BCUT2D eigenvalue weighted by Crippen LogP contribution is 2.27. The quantitative estimate of drug-likeness (QED) is 0.803. The first-order chi connectivity index (χ1) is 10.1. The molecule has 0 aliphatic rings. The van der Waals surface area contributed by atoms with E-state index < -0.39 is 6.10 Å². The molecule has 1 unspecified atom stereocenters. The van der Waals surface area contributed by atoms with Crippen molar-refractivity contribution in [1.82, 2.24) is 5.32 Å². The van der Waals surface area contributed by atoms with Crippen molar-refractivity contribution in [3.05, 3.63) is 41.7 Å². The van der Waals surface area contributed by atoms with E-state index >= 15 is 0 Å². The molecule has 1 heterocycles. The number of para-hydroxylation sites is 1. The highest BCUT2D eigenvalue weighted by Gasteiger charge is 2.10. The summed E-state index contributed by atoms with van der Waals surface area (Å²) >= 11 is 0. The second-order valence-electron chi connectivity index (χ2n) is 5.05. The van der Waals surface area contributed by atoms with Gasteiger partial charge in [-0.1, -0.05) is 25.1 Å². The Balaban J connectivity index is 2.11. The normalized spacial score (nSPS) is 12.9. The van der Waals surface area contributed by atoms with Crippen molar-refractivity contribution in [1.29, 1.82) is 0 Å². The second kappa shape index (κ2) is 7.09. The Kier molecular flexibility index (Phi) is 5.17. The minimum Gasteiger partial charge on any atom is -0.460 e. The van der Waals surface area contributed by atoms with Gasteiger partial charge in [-0.15, -0.1) is 0 Å². The fourth-order valence-electron chi connectivity index (χ4n) is 2.18. The van der Waals surface area contributed by atoms with Crippen LogP contribution in [0.15, 0.2) is 34.8 Å². The fraction of sp³-hybridized carbons (Fsp3) is 0.353. The van der Waals surface area contributed by atoms with Gasteiger partial charge in [0.25, 0.3) is 0 Å². The van der Waals surface area contributed by atoms with Gasteiger partial charge in [-0.3, -0.25) is 4.79 Å². The smallest absolute Gasteiger partial charge is 0.244 e. The molecule has 21 heavy (non-hydrogen) atoms. The van der Waals surface area contributed by atoms with E-state index in [9.17, 15) is 4.79 Å². The van der Waals surface area contributed by atoms with E-state index in [0.717, 1.165) is 28.7 Å². The lowest BCUT2D eigenvalue weighted by Gasteiger charge is -2.03. The Morgan fingerprint density at radius 1 is 1.43 bits per heavy atom. The van der Waals surface area contributed by atoms with Crippen molar-refractivity contribution >= 4 is 23.0 Å². The molecule has 0 fully saturated rings. The van der Waals surface area contributed by atoms with Crippen LogP contribution in [0, 0.1) is 0 Å². The number of aryl methyl sites for hydroxylation is 1. The summed E-state index contributed by atoms with van der Waals surface area (Å²) in [7, 11) is 0. The molecule has 2 aromatic rings. The molecule has 112 valence electrons. The zero-order chi connectivity index (χ0) is 15.2. The van der Waals surface area contributed by atoms with Crippen LogP contribution in [-0.4, -0.2) is 23.7 Å². The van der Waals surface area contributed by atoms with Crippen LogP contribution in [-0.2, 0) is 11.2 Å². The number of benzene rings is 1. The lowest BCUT2D eigenvalue weighted by atomic mass is 10.1. The van der Waals surface area contributed by atoms with Gasteiger partial charge in [-0.25, -0.2) is 0 Å². The number of amides is 1. The third kappa shape index (κ3) is 3.95. The number of hydrogen-bond donors (Lipinski definition) is 2. The largest absolute Gasteiger partial charge is 0.460 e. The monoisotopic (exact) mass is 287 g/mol. The van der Waals surface area contributed by atoms with Crippen molar-refractivity contribution < 1.29 is 14.3 Å². The van der Waals surface area contributed by atoms with E-state index in [1.54, 1.807) is 13.0 Å². The molecule has 0 saturated heterocycles. The molecule has 0 spiro atoms. The van der Waals surface area contributed by atoms with Crippen LogP contribution in [0.5, 0.6) is 0 Å². The van der Waals surface area contributed by atoms with Crippen LogP contribution in [0.4, 0.5) is 0 Å². The molecule has 1 aromatic heterocycles. The van der Waals surface area contributed by atoms with Crippen LogP contribution in [0.1, 0.15) is 31.6 Å². The second-order valence-corrected chi connectivity index (χ2v) is 5.05. The number of rotatable bonds is 6. The maximum absolute atomic E-state index is 11.7. The molecule has 1 atom stereocenters. The molecule has 0 bridgehead atoms. The summed E-state index contributed by atoms with van der Waals surface area (Å²) in [6, 6.07) is 7.80. The van der Waals surface area contributed by atoms with Crippen molar-refractivity contribution in [3.63, 3.8) is 0 Å². The van der Waals surface area contributed by atoms with Crippen molar-refractivity contribution in [2.45, 2.75) is 32.8 Å². The van der Waals surface area contributed by atoms with Crippen LogP contribution in [0.3, 0.4) is 0 Å². The minimum atomic E-state index is -0.404. The van der Waals surface area contributed by atoms with E-state index in [4.69, 9.17) is 9.52 Å². The van der Waals surface area contributed by atoms with Crippen molar-refractivity contribution in [2.75, 3.05) is 6.54 Å². The number of furan rings is 1. The minimum absolute atomic E-state index is 0.164. The van der Waals surface area contributed by atoms with Crippen LogP contribution in [0.25, 0.3) is 17.0 Å². The summed E-state index contributed by atoms with van der Waals surface area (Å²) in [5.41, 5.74) is 1.79. The zero-order valence-corrected chi connectivity index (χ0v) is 12.4. The Hall–Kier alpha value is -2.07. The molecule has 4 heteroatoms. The molecule has 0 aliphatic carbocycles. The topological polar surface area (TPSA) is 62.5 Å². The third-order valence-corrected chi connectivity index (χ3v) is 3.29. The van der Waals surface area contributed by atoms with Gasteiger partial charge in [0.15, 0.2) is 0 Å². The summed E-state index contributed by atoms with van der Waals surface area (Å²) in [6.07, 6.45) is 4.23. The van der Waals surface area contributed by atoms with E-state index in [0.29, 0.717) is 13.0 Å². The summed E-state index contributed by atoms with van der Waals surface area (Å²) < 4.78 is 5.78. The Morgan fingerprint density at radius 2 is 2.19 bits per heavy atom. The number of aliphatic hydroxyl groups is 1. The van der Waals surface area contributed by atoms with Crippen molar-refractivity contribution in [3.8, 4) is 0 Å². The molecule has 1 amide bonds. The highest BCUT2D eigenvalue weighted by atomic mass is 16.3. The first-order valence-corrected chi connectivity index (χ1v) is 7.26. The number of carbonyl (C=O) groups is 1. The fourth-order valence-corrected chi connectivity index (χ4v) is 2.18. The predicted octanol–water partition coefficient (Wildman–Crippen LogP) is 2.90. The van der Waals surface area contributed by atoms with Gasteiger partial charge >= 0.3 is 0 Å². The summed E-state index contributed by atoms with van der Waals surface area (Å²) in [6.45, 7) is 4.19. The van der Waals surface area contributed by atoms with Gasteiger partial charge in [-0.2, -0.15) is 0 Å². The molecule has 0 aliphatic heterocycles. The molecule has 4 nitrogen and oxygen atoms in total. The SMILES string of the molecule is CCc1oc2ccccc2c1C=CC(=O)NCCC(C)O. The summed E-state index contributed by atoms with van der Waals surface area (Å²) in [4.78, 5) is 11.7. The summed E-state index contributed by atoms with van der Waals surface area (Å²) in [5.74, 6) is 0.715. The van der Waals surface area contributed by atoms with Gasteiger partial charge < -0.3 is 14.8 Å². The maximum atomic E-state index is 11.7. The van der Waals surface area contributed by atoms with Crippen LogP contribution < -0.4 is 5.32 Å². The van der Waals surface area contributed by atoms with Crippen LogP contribution in [0.2, 0.25) is 0 Å². The standard InChI is InChI=1S/C17H21NO3/c1-3-15-14(13-6-4-5-7-16(13)21-15)8-9-17(20)18-11-10-12(2)19/h4-9,12,19H,3,10-11H2,1-2H3,(H,18,20). The Bertz CT molecular complexity index is 641. The Morgan fingerprint density at radius 3 is 2.90 bits per heavy atom. The van der Waals surface area contributed by atoms with Crippen molar-refractivity contribution in [2.24, 2.45) is 0 Å². The average Bonchev–Trinajstić information content (AvgIpc) is 2.82. The van der Waals surface area contributed by atoms with Gasteiger partial charge in [0.2, 0.25) is 5.91 Å². The molecular formula is C17H21NO3. The van der Waals surface area contributed by atoms with E-state index in [1.165, 1.54) is 6.08 Å². The average molecular weight is 287 g/mol. The van der Waals surface area contributed by atoms with Gasteiger partial charge in [0, 0.05) is 30.0 Å². The zero-order valence-electron chi connectivity index (χ0n) is 12.4. The Labute approximate surface area is 124 Å².